The summed E-state index contributed by atoms with van der Waals surface area (Å²) >= 11 is 0. The molecule has 0 saturated heterocycles. The van der Waals surface area contributed by atoms with Gasteiger partial charge in [-0.25, -0.2) is 5.43 Å². The second-order valence-electron chi connectivity index (χ2n) is 5.06. The number of anilines is 1. The molecule has 114 valence electrons. The van der Waals surface area contributed by atoms with E-state index in [4.69, 9.17) is 0 Å². The predicted octanol–water partition coefficient (Wildman–Crippen LogP) is 2.57. The fraction of sp³-hybridized carbons (Fsp3) is 0.176. The van der Waals surface area contributed by atoms with Gasteiger partial charge in [0.1, 0.15) is 5.75 Å². The molecule has 2 aromatic rings. The van der Waals surface area contributed by atoms with Gasteiger partial charge in [0.2, 0.25) is 0 Å². The van der Waals surface area contributed by atoms with Gasteiger partial charge in [0.05, 0.1) is 12.8 Å². The standard InChI is InChI=1S/C17H19N3O2/c1-12-6-7-16(13(2)8-12)18-11-17(22)20-19-10-14-4-3-5-15(21)9-14/h3-10,18,21H,11H2,1-2H3,(H,20,22)/b19-10-. The van der Waals surface area contributed by atoms with Crippen molar-refractivity contribution in [1.82, 2.24) is 5.43 Å². The summed E-state index contributed by atoms with van der Waals surface area (Å²) in [5.41, 5.74) is 6.35. The molecule has 1 amide bonds. The van der Waals surface area contributed by atoms with Crippen LogP contribution in [-0.4, -0.2) is 23.8 Å². The number of hydrogen-bond acceptors (Lipinski definition) is 4. The Kier molecular flexibility index (Phi) is 5.14. The van der Waals surface area contributed by atoms with E-state index >= 15 is 0 Å². The lowest BCUT2D eigenvalue weighted by Crippen LogP contribution is -2.26. The molecular weight excluding hydrogens is 278 g/mol. The lowest BCUT2D eigenvalue weighted by atomic mass is 10.1. The third kappa shape index (κ3) is 4.63. The minimum absolute atomic E-state index is 0.140. The van der Waals surface area contributed by atoms with Crippen molar-refractivity contribution in [1.29, 1.82) is 0 Å². The van der Waals surface area contributed by atoms with Gasteiger partial charge in [-0.15, -0.1) is 0 Å². The van der Waals surface area contributed by atoms with Crippen molar-refractivity contribution >= 4 is 17.8 Å². The molecule has 0 radical (unpaired) electrons. The summed E-state index contributed by atoms with van der Waals surface area (Å²) in [6.07, 6.45) is 1.48. The molecule has 5 nitrogen and oxygen atoms in total. The van der Waals surface area contributed by atoms with E-state index in [1.165, 1.54) is 11.8 Å². The minimum atomic E-state index is -0.239. The zero-order chi connectivity index (χ0) is 15.9. The molecular formula is C17H19N3O2. The Morgan fingerprint density at radius 3 is 2.77 bits per heavy atom. The number of carbonyl (C=O) groups excluding carboxylic acids is 1. The Morgan fingerprint density at radius 1 is 1.23 bits per heavy atom. The van der Waals surface area contributed by atoms with Crippen molar-refractivity contribution in [3.05, 3.63) is 59.2 Å². The molecule has 2 aromatic carbocycles. The van der Waals surface area contributed by atoms with Gasteiger partial charge in [-0.2, -0.15) is 5.10 Å². The van der Waals surface area contributed by atoms with Crippen LogP contribution in [0.3, 0.4) is 0 Å². The van der Waals surface area contributed by atoms with E-state index < -0.39 is 0 Å². The van der Waals surface area contributed by atoms with Crippen LogP contribution in [0.2, 0.25) is 0 Å². The molecule has 3 N–H and O–H groups in total. The van der Waals surface area contributed by atoms with Crippen molar-refractivity contribution in [2.24, 2.45) is 5.10 Å². The summed E-state index contributed by atoms with van der Waals surface area (Å²) in [5, 5.41) is 16.2. The zero-order valence-electron chi connectivity index (χ0n) is 12.6. The van der Waals surface area contributed by atoms with E-state index in [0.717, 1.165) is 11.3 Å². The Labute approximate surface area is 129 Å². The monoisotopic (exact) mass is 297 g/mol. The highest BCUT2D eigenvalue weighted by atomic mass is 16.3. The number of rotatable bonds is 5. The first-order chi connectivity index (χ1) is 10.5. The van der Waals surface area contributed by atoms with Crippen LogP contribution in [0.4, 0.5) is 5.69 Å². The van der Waals surface area contributed by atoms with Crippen LogP contribution in [0.1, 0.15) is 16.7 Å². The summed E-state index contributed by atoms with van der Waals surface area (Å²) in [5.74, 6) is -0.0804. The summed E-state index contributed by atoms with van der Waals surface area (Å²) in [7, 11) is 0. The average Bonchev–Trinajstić information content (AvgIpc) is 2.46. The van der Waals surface area contributed by atoms with Crippen LogP contribution in [0.15, 0.2) is 47.6 Å². The lowest BCUT2D eigenvalue weighted by Gasteiger charge is -2.09. The summed E-state index contributed by atoms with van der Waals surface area (Å²) in [6.45, 7) is 4.16. The number of hydrogen-bond donors (Lipinski definition) is 3. The largest absolute Gasteiger partial charge is 0.508 e. The van der Waals surface area contributed by atoms with Crippen molar-refractivity contribution in [2.45, 2.75) is 13.8 Å². The number of amides is 1. The number of aromatic hydroxyl groups is 1. The lowest BCUT2D eigenvalue weighted by molar-refractivity contribution is -0.119. The number of nitrogens with one attached hydrogen (secondary N) is 2. The molecule has 0 spiro atoms. The quantitative estimate of drug-likeness (QED) is 0.586. The molecule has 0 atom stereocenters. The van der Waals surface area contributed by atoms with E-state index in [0.29, 0.717) is 5.56 Å². The minimum Gasteiger partial charge on any atom is -0.508 e. The molecule has 0 aliphatic carbocycles. The Balaban J connectivity index is 1.83. The molecule has 0 aromatic heterocycles. The van der Waals surface area contributed by atoms with Gasteiger partial charge >= 0.3 is 0 Å². The van der Waals surface area contributed by atoms with E-state index in [2.05, 4.69) is 21.9 Å². The number of phenols is 1. The van der Waals surface area contributed by atoms with Gasteiger partial charge in [0.25, 0.3) is 5.91 Å². The topological polar surface area (TPSA) is 73.7 Å². The van der Waals surface area contributed by atoms with Gasteiger partial charge in [0, 0.05) is 5.69 Å². The first kappa shape index (κ1) is 15.6. The zero-order valence-corrected chi connectivity index (χ0v) is 12.6. The maximum absolute atomic E-state index is 11.7. The molecule has 5 heteroatoms. The third-order valence-corrected chi connectivity index (χ3v) is 3.09. The molecule has 0 saturated carbocycles. The molecule has 0 unspecified atom stereocenters. The fourth-order valence-electron chi connectivity index (χ4n) is 2.01. The molecule has 0 fully saturated rings. The summed E-state index contributed by atoms with van der Waals surface area (Å²) < 4.78 is 0. The first-order valence-electron chi connectivity index (χ1n) is 6.96. The summed E-state index contributed by atoms with van der Waals surface area (Å²) in [4.78, 5) is 11.7. The van der Waals surface area contributed by atoms with Gasteiger partial charge in [-0.3, -0.25) is 4.79 Å². The van der Waals surface area contributed by atoms with Crippen molar-refractivity contribution in [3.8, 4) is 5.75 Å². The normalized spacial score (nSPS) is 10.6. The Morgan fingerprint density at radius 2 is 2.05 bits per heavy atom. The maximum Gasteiger partial charge on any atom is 0.259 e. The SMILES string of the molecule is Cc1ccc(NCC(=O)N/N=C\c2cccc(O)c2)c(C)c1. The molecule has 22 heavy (non-hydrogen) atoms. The van der Waals surface area contributed by atoms with Gasteiger partial charge in [-0.05, 0) is 43.2 Å². The maximum atomic E-state index is 11.7. The third-order valence-electron chi connectivity index (χ3n) is 3.09. The van der Waals surface area contributed by atoms with Gasteiger partial charge < -0.3 is 10.4 Å². The molecule has 0 heterocycles. The second kappa shape index (κ2) is 7.26. The Bertz CT molecular complexity index is 696. The Hall–Kier alpha value is -2.82. The average molecular weight is 297 g/mol. The van der Waals surface area contributed by atoms with E-state index in [1.54, 1.807) is 24.3 Å². The second-order valence-corrected chi connectivity index (χ2v) is 5.06. The number of phenolic OH excluding ortho intramolecular Hbond substituents is 1. The highest BCUT2D eigenvalue weighted by Gasteiger charge is 2.02. The number of nitrogens with zero attached hydrogens (tertiary/aromatic N) is 1. The van der Waals surface area contributed by atoms with Gasteiger partial charge in [-0.1, -0.05) is 29.8 Å². The molecule has 0 aliphatic rings. The molecule has 0 aliphatic heterocycles. The number of hydrazone groups is 1. The van der Waals surface area contributed by atoms with Crippen molar-refractivity contribution < 1.29 is 9.90 Å². The van der Waals surface area contributed by atoms with Crippen molar-refractivity contribution in [2.75, 3.05) is 11.9 Å². The fourth-order valence-corrected chi connectivity index (χ4v) is 2.01. The highest BCUT2D eigenvalue weighted by Crippen LogP contribution is 2.15. The number of benzene rings is 2. The van der Waals surface area contributed by atoms with Crippen LogP contribution in [0.25, 0.3) is 0 Å². The van der Waals surface area contributed by atoms with Crippen LogP contribution < -0.4 is 10.7 Å². The smallest absolute Gasteiger partial charge is 0.259 e. The van der Waals surface area contributed by atoms with Crippen LogP contribution in [-0.2, 0) is 4.79 Å². The van der Waals surface area contributed by atoms with E-state index in [1.807, 2.05) is 26.0 Å². The number of aryl methyl sites for hydroxylation is 2. The van der Waals surface area contributed by atoms with Crippen LogP contribution in [0.5, 0.6) is 5.75 Å². The van der Waals surface area contributed by atoms with Crippen molar-refractivity contribution in [3.63, 3.8) is 0 Å². The molecule has 0 bridgehead atoms. The van der Waals surface area contributed by atoms with Crippen LogP contribution in [0, 0.1) is 13.8 Å². The van der Waals surface area contributed by atoms with Crippen LogP contribution >= 0.6 is 0 Å². The molecule has 2 rings (SSSR count). The number of carbonyl (C=O) groups is 1. The summed E-state index contributed by atoms with van der Waals surface area (Å²) in [6, 6.07) is 12.6. The first-order valence-corrected chi connectivity index (χ1v) is 6.96. The predicted molar refractivity (Wildman–Crippen MR) is 88.2 cm³/mol. The van der Waals surface area contributed by atoms with E-state index in [9.17, 15) is 9.90 Å². The van der Waals surface area contributed by atoms with Gasteiger partial charge in [0.15, 0.2) is 0 Å². The van der Waals surface area contributed by atoms with E-state index in [-0.39, 0.29) is 18.2 Å². The highest BCUT2D eigenvalue weighted by molar-refractivity contribution is 5.84.